The Morgan fingerprint density at radius 1 is 1.26 bits per heavy atom. The highest BCUT2D eigenvalue weighted by molar-refractivity contribution is 5.06. The van der Waals surface area contributed by atoms with Crippen LogP contribution in [0.15, 0.2) is 0 Å². The minimum Gasteiger partial charge on any atom is -0.379 e. The summed E-state index contributed by atoms with van der Waals surface area (Å²) in [4.78, 5) is 0. The zero-order valence-corrected chi connectivity index (χ0v) is 12.6. The molecule has 1 rings (SSSR count). The monoisotopic (exact) mass is 268 g/mol. The van der Waals surface area contributed by atoms with E-state index in [1.54, 1.807) is 0 Å². The summed E-state index contributed by atoms with van der Waals surface area (Å²) in [6.45, 7) is 8.13. The highest BCUT2D eigenvalue weighted by atomic mass is 16.5. The number of nitriles is 1. The lowest BCUT2D eigenvalue weighted by molar-refractivity contribution is 0.0185. The van der Waals surface area contributed by atoms with Crippen molar-refractivity contribution < 1.29 is 9.47 Å². The lowest BCUT2D eigenvalue weighted by Crippen LogP contribution is -2.42. The molecule has 0 aromatic heterocycles. The van der Waals surface area contributed by atoms with Crippen molar-refractivity contribution in [1.82, 2.24) is 5.32 Å². The summed E-state index contributed by atoms with van der Waals surface area (Å²) in [7, 11) is 0. The maximum absolute atomic E-state index is 9.23. The van der Waals surface area contributed by atoms with Crippen LogP contribution < -0.4 is 5.32 Å². The quantitative estimate of drug-likeness (QED) is 0.585. The van der Waals surface area contributed by atoms with E-state index in [1.807, 2.05) is 20.8 Å². The Balaban J connectivity index is 1.95. The molecule has 0 aliphatic heterocycles. The molecule has 0 amide bonds. The molecule has 0 aromatic carbocycles. The molecule has 1 fully saturated rings. The molecule has 1 atom stereocenters. The second-order valence-electron chi connectivity index (χ2n) is 5.85. The van der Waals surface area contributed by atoms with Gasteiger partial charge in [-0.1, -0.05) is 0 Å². The minimum absolute atomic E-state index is 0.272. The first-order valence-corrected chi connectivity index (χ1v) is 7.44. The summed E-state index contributed by atoms with van der Waals surface area (Å²) in [5.41, 5.74) is -0.359. The Morgan fingerprint density at radius 3 is 2.58 bits per heavy atom. The van der Waals surface area contributed by atoms with E-state index >= 15 is 0 Å². The van der Waals surface area contributed by atoms with Gasteiger partial charge in [0.05, 0.1) is 25.4 Å². The molecule has 0 saturated heterocycles. The van der Waals surface area contributed by atoms with Crippen LogP contribution in [0.3, 0.4) is 0 Å². The van der Waals surface area contributed by atoms with E-state index in [0.717, 1.165) is 25.9 Å². The SMILES string of the molecule is CC(C)OCCOCCCCC(C)(C#N)NC1CC1. The van der Waals surface area contributed by atoms with Gasteiger partial charge in [0, 0.05) is 12.6 Å². The topological polar surface area (TPSA) is 54.3 Å². The van der Waals surface area contributed by atoms with Crippen LogP contribution >= 0.6 is 0 Å². The van der Waals surface area contributed by atoms with E-state index in [0.29, 0.717) is 19.3 Å². The van der Waals surface area contributed by atoms with Crippen molar-refractivity contribution in [1.29, 1.82) is 5.26 Å². The fourth-order valence-electron chi connectivity index (χ4n) is 1.97. The standard InChI is InChI=1S/C15H28N2O2/c1-13(2)19-11-10-18-9-5-4-8-15(3,12-16)17-14-6-7-14/h13-14,17H,4-11H2,1-3H3. The van der Waals surface area contributed by atoms with Crippen LogP contribution in [0.2, 0.25) is 0 Å². The molecule has 0 radical (unpaired) electrons. The summed E-state index contributed by atoms with van der Waals surface area (Å²) >= 11 is 0. The van der Waals surface area contributed by atoms with E-state index in [9.17, 15) is 5.26 Å². The molecule has 110 valence electrons. The van der Waals surface area contributed by atoms with Crippen molar-refractivity contribution in [3.63, 3.8) is 0 Å². The number of unbranched alkanes of at least 4 members (excludes halogenated alkanes) is 1. The maximum Gasteiger partial charge on any atom is 0.104 e. The third kappa shape index (κ3) is 8.20. The number of nitrogens with zero attached hydrogens (tertiary/aromatic N) is 1. The number of hydrogen-bond donors (Lipinski definition) is 1. The van der Waals surface area contributed by atoms with E-state index in [-0.39, 0.29) is 11.6 Å². The smallest absolute Gasteiger partial charge is 0.104 e. The van der Waals surface area contributed by atoms with Gasteiger partial charge in [0.15, 0.2) is 0 Å². The van der Waals surface area contributed by atoms with Gasteiger partial charge >= 0.3 is 0 Å². The third-order valence-corrected chi connectivity index (χ3v) is 3.24. The average molecular weight is 268 g/mol. The van der Waals surface area contributed by atoms with Gasteiger partial charge in [-0.05, 0) is 52.9 Å². The third-order valence-electron chi connectivity index (χ3n) is 3.24. The first-order valence-electron chi connectivity index (χ1n) is 7.44. The first kappa shape index (κ1) is 16.4. The Labute approximate surface area is 117 Å². The van der Waals surface area contributed by atoms with Gasteiger partial charge in [0.25, 0.3) is 0 Å². The molecule has 0 bridgehead atoms. The van der Waals surface area contributed by atoms with E-state index in [4.69, 9.17) is 9.47 Å². The molecule has 1 saturated carbocycles. The summed E-state index contributed by atoms with van der Waals surface area (Å²) < 4.78 is 10.9. The Hall–Kier alpha value is -0.630. The molecule has 19 heavy (non-hydrogen) atoms. The summed E-state index contributed by atoms with van der Waals surface area (Å²) in [6.07, 6.45) is 5.63. The second-order valence-corrected chi connectivity index (χ2v) is 5.85. The fraction of sp³-hybridized carbons (Fsp3) is 0.933. The van der Waals surface area contributed by atoms with Gasteiger partial charge in [-0.2, -0.15) is 5.26 Å². The van der Waals surface area contributed by atoms with Crippen LogP contribution in [0.1, 0.15) is 52.9 Å². The van der Waals surface area contributed by atoms with Crippen molar-refractivity contribution in [2.75, 3.05) is 19.8 Å². The van der Waals surface area contributed by atoms with Gasteiger partial charge in [0.2, 0.25) is 0 Å². The molecular weight excluding hydrogens is 240 g/mol. The lowest BCUT2D eigenvalue weighted by atomic mass is 9.96. The van der Waals surface area contributed by atoms with Gasteiger partial charge in [0.1, 0.15) is 5.54 Å². The maximum atomic E-state index is 9.23. The normalized spacial score (nSPS) is 18.3. The minimum atomic E-state index is -0.359. The molecule has 4 heteroatoms. The fourth-order valence-corrected chi connectivity index (χ4v) is 1.97. The van der Waals surface area contributed by atoms with E-state index < -0.39 is 0 Å². The molecule has 1 unspecified atom stereocenters. The van der Waals surface area contributed by atoms with E-state index in [1.165, 1.54) is 12.8 Å². The largest absolute Gasteiger partial charge is 0.379 e. The molecule has 0 spiro atoms. The second kappa shape index (κ2) is 8.52. The van der Waals surface area contributed by atoms with Gasteiger partial charge in [-0.15, -0.1) is 0 Å². The highest BCUT2D eigenvalue weighted by Gasteiger charge is 2.31. The van der Waals surface area contributed by atoms with Crippen LogP contribution in [-0.4, -0.2) is 37.5 Å². The van der Waals surface area contributed by atoms with Crippen molar-refractivity contribution in [3.05, 3.63) is 0 Å². The number of nitrogens with one attached hydrogen (secondary N) is 1. The van der Waals surface area contributed by atoms with Crippen LogP contribution in [0.4, 0.5) is 0 Å². The zero-order chi connectivity index (χ0) is 14.1. The Morgan fingerprint density at radius 2 is 2.00 bits per heavy atom. The van der Waals surface area contributed by atoms with Crippen LogP contribution in [0.5, 0.6) is 0 Å². The van der Waals surface area contributed by atoms with Crippen molar-refractivity contribution >= 4 is 0 Å². The average Bonchev–Trinajstić information content (AvgIpc) is 3.16. The van der Waals surface area contributed by atoms with E-state index in [2.05, 4.69) is 11.4 Å². The molecular formula is C15H28N2O2. The predicted octanol–water partition coefficient (Wildman–Crippen LogP) is 2.63. The lowest BCUT2D eigenvalue weighted by Gasteiger charge is -2.23. The van der Waals surface area contributed by atoms with Crippen LogP contribution in [-0.2, 0) is 9.47 Å². The molecule has 4 nitrogen and oxygen atoms in total. The number of rotatable bonds is 11. The number of hydrogen-bond acceptors (Lipinski definition) is 4. The molecule has 1 aliphatic rings. The molecule has 0 heterocycles. The van der Waals surface area contributed by atoms with Crippen LogP contribution in [0.25, 0.3) is 0 Å². The number of ether oxygens (including phenoxy) is 2. The summed E-state index contributed by atoms with van der Waals surface area (Å²) in [5, 5.41) is 12.6. The molecule has 1 N–H and O–H groups in total. The highest BCUT2D eigenvalue weighted by Crippen LogP contribution is 2.24. The van der Waals surface area contributed by atoms with Crippen molar-refractivity contribution in [2.45, 2.75) is 70.6 Å². The first-order chi connectivity index (χ1) is 9.06. The van der Waals surface area contributed by atoms with Crippen molar-refractivity contribution in [2.24, 2.45) is 0 Å². The molecule has 1 aliphatic carbocycles. The summed E-state index contributed by atoms with van der Waals surface area (Å²) in [6, 6.07) is 2.98. The zero-order valence-electron chi connectivity index (χ0n) is 12.6. The van der Waals surface area contributed by atoms with Crippen molar-refractivity contribution in [3.8, 4) is 6.07 Å². The Bertz CT molecular complexity index is 284. The van der Waals surface area contributed by atoms with Gasteiger partial charge in [-0.25, -0.2) is 0 Å². The summed E-state index contributed by atoms with van der Waals surface area (Å²) in [5.74, 6) is 0. The molecule has 0 aromatic rings. The Kier molecular flexibility index (Phi) is 7.37. The predicted molar refractivity (Wildman–Crippen MR) is 75.9 cm³/mol. The van der Waals surface area contributed by atoms with Crippen LogP contribution in [0, 0.1) is 11.3 Å². The van der Waals surface area contributed by atoms with Gasteiger partial charge in [-0.3, -0.25) is 5.32 Å². The van der Waals surface area contributed by atoms with Gasteiger partial charge < -0.3 is 9.47 Å².